The van der Waals surface area contributed by atoms with Gasteiger partial charge in [-0.25, -0.2) is 0 Å². The molecule has 0 radical (unpaired) electrons. The van der Waals surface area contributed by atoms with Gasteiger partial charge in [-0.3, -0.25) is 9.97 Å². The van der Waals surface area contributed by atoms with Gasteiger partial charge in [0.05, 0.1) is 11.0 Å². The summed E-state index contributed by atoms with van der Waals surface area (Å²) in [4.78, 5) is 8.24. The van der Waals surface area contributed by atoms with E-state index in [1.54, 1.807) is 12.4 Å². The Morgan fingerprint density at radius 1 is 0.818 bits per heavy atom. The summed E-state index contributed by atoms with van der Waals surface area (Å²) in [5.74, 6) is 0. The van der Waals surface area contributed by atoms with E-state index in [1.807, 2.05) is 24.3 Å². The van der Waals surface area contributed by atoms with Gasteiger partial charge in [0.2, 0.25) is 0 Å². The molecule has 2 rings (SSSR count). The van der Waals surface area contributed by atoms with Crippen LogP contribution in [-0.2, 0) is 17.1 Å². The molecular weight excluding hydrogens is 180 g/mol. The Labute approximate surface area is 75.1 Å². The predicted octanol–water partition coefficient (Wildman–Crippen LogP) is 1.63. The van der Waals surface area contributed by atoms with Gasteiger partial charge < -0.3 is 0 Å². The first-order chi connectivity index (χ1) is 4.97. The summed E-state index contributed by atoms with van der Waals surface area (Å²) in [6.07, 6.45) is 3.39. The molecular formula is C8H6FeN2. The minimum Gasteiger partial charge on any atom is -0.253 e. The van der Waals surface area contributed by atoms with Crippen molar-refractivity contribution in [2.24, 2.45) is 0 Å². The van der Waals surface area contributed by atoms with E-state index in [0.29, 0.717) is 0 Å². The van der Waals surface area contributed by atoms with Gasteiger partial charge >= 0.3 is 0 Å². The fourth-order valence-corrected chi connectivity index (χ4v) is 0.910. The zero-order chi connectivity index (χ0) is 6.81. The van der Waals surface area contributed by atoms with Crippen molar-refractivity contribution in [2.45, 2.75) is 0 Å². The molecule has 0 saturated heterocycles. The summed E-state index contributed by atoms with van der Waals surface area (Å²) in [6, 6.07) is 7.80. The van der Waals surface area contributed by atoms with E-state index in [2.05, 4.69) is 9.97 Å². The Bertz CT molecular complexity index is 283. The molecule has 0 N–H and O–H groups in total. The third kappa shape index (κ3) is 1.56. The van der Waals surface area contributed by atoms with Gasteiger partial charge in [-0.1, -0.05) is 12.1 Å². The van der Waals surface area contributed by atoms with Crippen molar-refractivity contribution in [1.29, 1.82) is 0 Å². The van der Waals surface area contributed by atoms with Crippen LogP contribution in [0.2, 0.25) is 0 Å². The monoisotopic (exact) mass is 186 g/mol. The van der Waals surface area contributed by atoms with Gasteiger partial charge in [-0.05, 0) is 12.1 Å². The van der Waals surface area contributed by atoms with Crippen LogP contribution in [0.15, 0.2) is 36.7 Å². The number of hydrogen-bond acceptors (Lipinski definition) is 2. The van der Waals surface area contributed by atoms with E-state index in [0.717, 1.165) is 11.0 Å². The Morgan fingerprint density at radius 2 is 1.27 bits per heavy atom. The topological polar surface area (TPSA) is 25.8 Å². The second kappa shape index (κ2) is 3.46. The van der Waals surface area contributed by atoms with Crippen LogP contribution in [0.5, 0.6) is 0 Å². The quantitative estimate of drug-likeness (QED) is 0.584. The van der Waals surface area contributed by atoms with Crippen molar-refractivity contribution in [1.82, 2.24) is 9.97 Å². The van der Waals surface area contributed by atoms with E-state index >= 15 is 0 Å². The molecule has 0 bridgehead atoms. The van der Waals surface area contributed by atoms with Gasteiger partial charge in [-0.2, -0.15) is 0 Å². The second-order valence-electron chi connectivity index (χ2n) is 2.05. The van der Waals surface area contributed by atoms with E-state index in [1.165, 1.54) is 0 Å². The molecule has 0 spiro atoms. The molecule has 0 aliphatic rings. The standard InChI is InChI=1S/C8H6N2.Fe/c1-2-4-8-7(3-1)9-5-6-10-8;/h1-6H;. The molecule has 2 aromatic rings. The number of hydrogen-bond donors (Lipinski definition) is 0. The van der Waals surface area contributed by atoms with Crippen LogP contribution in [0.1, 0.15) is 0 Å². The molecule has 0 amide bonds. The van der Waals surface area contributed by atoms with E-state index in [9.17, 15) is 0 Å². The molecule has 3 heteroatoms. The van der Waals surface area contributed by atoms with Crippen molar-refractivity contribution in [2.75, 3.05) is 0 Å². The van der Waals surface area contributed by atoms with Crippen LogP contribution >= 0.6 is 0 Å². The number of nitrogens with zero attached hydrogens (tertiary/aromatic N) is 2. The molecule has 11 heavy (non-hydrogen) atoms. The average molecular weight is 186 g/mol. The maximum atomic E-state index is 4.12. The number of rotatable bonds is 0. The van der Waals surface area contributed by atoms with E-state index in [4.69, 9.17) is 0 Å². The van der Waals surface area contributed by atoms with Crippen molar-refractivity contribution < 1.29 is 17.1 Å². The van der Waals surface area contributed by atoms with Crippen LogP contribution < -0.4 is 0 Å². The molecule has 0 aliphatic carbocycles. The predicted molar refractivity (Wildman–Crippen MR) is 39.5 cm³/mol. The first-order valence-electron chi connectivity index (χ1n) is 3.12. The van der Waals surface area contributed by atoms with Gasteiger partial charge in [-0.15, -0.1) is 0 Å². The molecule has 0 atom stereocenters. The molecule has 1 aromatic heterocycles. The van der Waals surface area contributed by atoms with Crippen LogP contribution in [-0.4, -0.2) is 9.97 Å². The summed E-state index contributed by atoms with van der Waals surface area (Å²) in [6.45, 7) is 0. The first-order valence-corrected chi connectivity index (χ1v) is 3.12. The summed E-state index contributed by atoms with van der Waals surface area (Å²) in [7, 11) is 0. The molecule has 0 aliphatic heterocycles. The first kappa shape index (κ1) is 8.18. The Hall–Kier alpha value is -0.921. The van der Waals surface area contributed by atoms with Crippen LogP contribution in [0.25, 0.3) is 11.0 Å². The fraction of sp³-hybridized carbons (Fsp3) is 0. The molecule has 0 saturated carbocycles. The van der Waals surface area contributed by atoms with Crippen molar-refractivity contribution in [3.8, 4) is 0 Å². The maximum absolute atomic E-state index is 4.12. The molecule has 56 valence electrons. The van der Waals surface area contributed by atoms with Gasteiger partial charge in [0, 0.05) is 29.5 Å². The minimum absolute atomic E-state index is 0. The third-order valence-electron chi connectivity index (χ3n) is 1.38. The van der Waals surface area contributed by atoms with Crippen LogP contribution in [0, 0.1) is 0 Å². The minimum atomic E-state index is 0. The summed E-state index contributed by atoms with van der Waals surface area (Å²) in [5, 5.41) is 0. The number of para-hydroxylation sites is 2. The van der Waals surface area contributed by atoms with Crippen molar-refractivity contribution in [3.05, 3.63) is 36.7 Å². The zero-order valence-electron chi connectivity index (χ0n) is 5.71. The van der Waals surface area contributed by atoms with Crippen molar-refractivity contribution in [3.63, 3.8) is 0 Å². The smallest absolute Gasteiger partial charge is 0.0886 e. The van der Waals surface area contributed by atoms with Crippen LogP contribution in [0.4, 0.5) is 0 Å². The molecule has 1 heterocycles. The van der Waals surface area contributed by atoms with E-state index in [-0.39, 0.29) is 17.1 Å². The maximum Gasteiger partial charge on any atom is 0.0886 e. The zero-order valence-corrected chi connectivity index (χ0v) is 6.82. The summed E-state index contributed by atoms with van der Waals surface area (Å²) >= 11 is 0. The number of fused-ring (bicyclic) bond motifs is 1. The summed E-state index contributed by atoms with van der Waals surface area (Å²) < 4.78 is 0. The largest absolute Gasteiger partial charge is 0.253 e. The fourth-order valence-electron chi connectivity index (χ4n) is 0.910. The Kier molecular flexibility index (Phi) is 2.58. The van der Waals surface area contributed by atoms with Crippen molar-refractivity contribution >= 4 is 11.0 Å². The number of benzene rings is 1. The van der Waals surface area contributed by atoms with Gasteiger partial charge in [0.15, 0.2) is 0 Å². The average Bonchev–Trinajstić information content (AvgIpc) is 2.05. The summed E-state index contributed by atoms with van der Waals surface area (Å²) in [5.41, 5.74) is 1.90. The van der Waals surface area contributed by atoms with Gasteiger partial charge in [0.1, 0.15) is 0 Å². The second-order valence-corrected chi connectivity index (χ2v) is 2.05. The van der Waals surface area contributed by atoms with Gasteiger partial charge in [0.25, 0.3) is 0 Å². The molecule has 0 fully saturated rings. The normalized spacial score (nSPS) is 9.09. The number of aromatic nitrogens is 2. The SMILES string of the molecule is [Fe].c1ccc2nccnc2c1. The third-order valence-corrected chi connectivity index (χ3v) is 1.38. The molecule has 0 unspecified atom stereocenters. The Morgan fingerprint density at radius 3 is 1.73 bits per heavy atom. The Balaban J connectivity index is 0.000000605. The molecule has 2 nitrogen and oxygen atoms in total. The van der Waals surface area contributed by atoms with Crippen LogP contribution in [0.3, 0.4) is 0 Å². The molecule has 1 aromatic carbocycles. The van der Waals surface area contributed by atoms with E-state index < -0.39 is 0 Å².